The quantitative estimate of drug-likeness (QED) is 0.506. The van der Waals surface area contributed by atoms with Crippen LogP contribution in [0.4, 0.5) is 5.69 Å². The highest BCUT2D eigenvalue weighted by Gasteiger charge is 2.22. The lowest BCUT2D eigenvalue weighted by Crippen LogP contribution is -2.11. The predicted octanol–water partition coefficient (Wildman–Crippen LogP) is 1.77. The Hall–Kier alpha value is -3.03. The number of hydrogen-bond acceptors (Lipinski definition) is 9. The highest BCUT2D eigenvalue weighted by Crippen LogP contribution is 2.29. The number of aromatic nitrogens is 2. The number of carbonyl (C=O) groups excluding carboxylic acids is 1. The molecular formula is C17H16N4O6S3. The van der Waals surface area contributed by atoms with Crippen molar-refractivity contribution in [3.05, 3.63) is 59.7 Å². The van der Waals surface area contributed by atoms with E-state index in [0.29, 0.717) is 17.0 Å². The number of anilines is 1. The van der Waals surface area contributed by atoms with E-state index in [-0.39, 0.29) is 20.8 Å². The Morgan fingerprint density at radius 1 is 1.03 bits per heavy atom. The summed E-state index contributed by atoms with van der Waals surface area (Å²) in [6, 6.07) is 11.9. The maximum Gasteiger partial charge on any atom is 0.300 e. The summed E-state index contributed by atoms with van der Waals surface area (Å²) >= 11 is 0.758. The summed E-state index contributed by atoms with van der Waals surface area (Å²) in [5.41, 5.74) is 6.26. The number of nitrogens with zero attached hydrogens (tertiary/aromatic N) is 2. The van der Waals surface area contributed by atoms with Gasteiger partial charge < -0.3 is 10.5 Å². The van der Waals surface area contributed by atoms with Crippen LogP contribution in [-0.4, -0.2) is 39.2 Å². The number of hydrogen-bond donors (Lipinski definition) is 2. The van der Waals surface area contributed by atoms with E-state index in [1.54, 1.807) is 0 Å². The molecule has 1 heterocycles. The van der Waals surface area contributed by atoms with Crippen LogP contribution in [0.3, 0.4) is 0 Å². The van der Waals surface area contributed by atoms with Gasteiger partial charge in [-0.05, 0) is 53.3 Å². The summed E-state index contributed by atoms with van der Waals surface area (Å²) in [5.74, 6) is -0.598. The standard InChI is InChI=1S/C17H16N4O6S3/c1-29(23,24)21-13-6-8-14(9-7-13)27-16-19-20-17(28-16)30(25,26)10-11-2-4-12(5-3-11)15(18)22/h2-9,21H,10H2,1H3,(H2,18,22). The molecule has 0 aliphatic carbocycles. The number of nitrogens with one attached hydrogen (secondary N) is 1. The molecule has 0 unspecified atom stereocenters. The number of carbonyl (C=O) groups is 1. The first kappa shape index (κ1) is 21.7. The van der Waals surface area contributed by atoms with Gasteiger partial charge in [0.2, 0.25) is 30.1 Å². The number of sulfone groups is 1. The van der Waals surface area contributed by atoms with Gasteiger partial charge in [0.25, 0.3) is 0 Å². The van der Waals surface area contributed by atoms with Crippen molar-refractivity contribution in [1.29, 1.82) is 0 Å². The number of amides is 1. The lowest BCUT2D eigenvalue weighted by molar-refractivity contribution is 0.1000. The van der Waals surface area contributed by atoms with Crippen LogP contribution in [-0.2, 0) is 25.6 Å². The summed E-state index contributed by atoms with van der Waals surface area (Å²) in [5, 5.41) is 7.43. The van der Waals surface area contributed by atoms with Gasteiger partial charge in [0.1, 0.15) is 5.75 Å². The maximum atomic E-state index is 12.6. The fourth-order valence-corrected chi connectivity index (χ4v) is 5.15. The fourth-order valence-electron chi connectivity index (χ4n) is 2.32. The number of ether oxygens (including phenoxy) is 1. The SMILES string of the molecule is CS(=O)(=O)Nc1ccc(Oc2nnc(S(=O)(=O)Cc3ccc(C(N)=O)cc3)s2)cc1. The first-order valence-corrected chi connectivity index (χ1v) is 12.6. The molecule has 0 saturated carbocycles. The van der Waals surface area contributed by atoms with Crippen LogP contribution in [0, 0.1) is 0 Å². The van der Waals surface area contributed by atoms with E-state index in [4.69, 9.17) is 10.5 Å². The molecular weight excluding hydrogens is 452 g/mol. The van der Waals surface area contributed by atoms with E-state index in [0.717, 1.165) is 17.6 Å². The van der Waals surface area contributed by atoms with Crippen LogP contribution in [0.5, 0.6) is 10.9 Å². The van der Waals surface area contributed by atoms with Crippen molar-refractivity contribution in [3.63, 3.8) is 0 Å². The Bertz CT molecular complexity index is 1270. The van der Waals surface area contributed by atoms with Gasteiger partial charge in [0.05, 0.1) is 12.0 Å². The number of rotatable bonds is 8. The van der Waals surface area contributed by atoms with Crippen molar-refractivity contribution in [2.45, 2.75) is 10.1 Å². The van der Waals surface area contributed by atoms with Gasteiger partial charge in [-0.25, -0.2) is 16.8 Å². The average Bonchev–Trinajstić information content (AvgIpc) is 3.12. The van der Waals surface area contributed by atoms with Gasteiger partial charge in [-0.1, -0.05) is 17.2 Å². The normalized spacial score (nSPS) is 11.8. The average molecular weight is 469 g/mol. The van der Waals surface area contributed by atoms with E-state index in [1.165, 1.54) is 48.5 Å². The zero-order valence-corrected chi connectivity index (χ0v) is 17.9. The van der Waals surface area contributed by atoms with Crippen LogP contribution >= 0.6 is 11.3 Å². The molecule has 0 aliphatic heterocycles. The van der Waals surface area contributed by atoms with Gasteiger partial charge in [-0.3, -0.25) is 9.52 Å². The number of primary amides is 1. The van der Waals surface area contributed by atoms with Gasteiger partial charge in [0, 0.05) is 11.3 Å². The topological polar surface area (TPSA) is 158 Å². The zero-order valence-electron chi connectivity index (χ0n) is 15.5. The molecule has 0 atom stereocenters. The molecule has 3 N–H and O–H groups in total. The highest BCUT2D eigenvalue weighted by molar-refractivity contribution is 7.92. The minimum absolute atomic E-state index is 0.0153. The first-order valence-electron chi connectivity index (χ1n) is 8.22. The molecule has 3 aromatic rings. The molecule has 0 spiro atoms. The summed E-state index contributed by atoms with van der Waals surface area (Å²) in [4.78, 5) is 11.1. The van der Waals surface area contributed by atoms with E-state index < -0.39 is 25.8 Å². The smallest absolute Gasteiger partial charge is 0.300 e. The van der Waals surface area contributed by atoms with Crippen molar-refractivity contribution in [2.75, 3.05) is 11.0 Å². The first-order chi connectivity index (χ1) is 14.0. The fraction of sp³-hybridized carbons (Fsp3) is 0.118. The molecule has 1 amide bonds. The molecule has 0 bridgehead atoms. The number of nitrogens with two attached hydrogens (primary N) is 1. The summed E-state index contributed by atoms with van der Waals surface area (Å²) in [7, 11) is -7.17. The van der Waals surface area contributed by atoms with Gasteiger partial charge in [-0.2, -0.15) is 0 Å². The summed E-state index contributed by atoms with van der Waals surface area (Å²) in [6.45, 7) is 0. The Labute approximate surface area is 176 Å². The van der Waals surface area contributed by atoms with Crippen molar-refractivity contribution in [2.24, 2.45) is 5.73 Å². The summed E-state index contributed by atoms with van der Waals surface area (Å²) < 4.78 is 55.1. The van der Waals surface area contributed by atoms with Crippen molar-refractivity contribution in [1.82, 2.24) is 10.2 Å². The molecule has 10 nitrogen and oxygen atoms in total. The Morgan fingerprint density at radius 2 is 1.67 bits per heavy atom. The van der Waals surface area contributed by atoms with Crippen molar-refractivity contribution >= 4 is 42.8 Å². The zero-order chi connectivity index (χ0) is 21.9. The van der Waals surface area contributed by atoms with Gasteiger partial charge in [0.15, 0.2) is 0 Å². The van der Waals surface area contributed by atoms with Crippen molar-refractivity contribution in [3.8, 4) is 10.9 Å². The molecule has 0 aliphatic rings. The number of benzene rings is 2. The summed E-state index contributed by atoms with van der Waals surface area (Å²) in [6.07, 6.45) is 1.03. The third-order valence-corrected chi connectivity index (χ3v) is 7.15. The lowest BCUT2D eigenvalue weighted by atomic mass is 10.1. The van der Waals surface area contributed by atoms with Crippen LogP contribution in [0.1, 0.15) is 15.9 Å². The predicted molar refractivity (Wildman–Crippen MR) is 111 cm³/mol. The van der Waals surface area contributed by atoms with E-state index in [9.17, 15) is 21.6 Å². The minimum Gasteiger partial charge on any atom is -0.430 e. The second kappa shape index (κ2) is 8.38. The molecule has 2 aromatic carbocycles. The second-order valence-electron chi connectivity index (χ2n) is 6.15. The van der Waals surface area contributed by atoms with Crippen LogP contribution < -0.4 is 15.2 Å². The highest BCUT2D eigenvalue weighted by atomic mass is 32.2. The number of sulfonamides is 1. The monoisotopic (exact) mass is 468 g/mol. The molecule has 0 saturated heterocycles. The molecule has 30 heavy (non-hydrogen) atoms. The van der Waals surface area contributed by atoms with Crippen molar-refractivity contribution < 1.29 is 26.4 Å². The van der Waals surface area contributed by atoms with E-state index in [1.807, 2.05) is 0 Å². The van der Waals surface area contributed by atoms with Crippen LogP contribution in [0.15, 0.2) is 52.9 Å². The minimum atomic E-state index is -3.77. The lowest BCUT2D eigenvalue weighted by Gasteiger charge is -2.05. The molecule has 0 radical (unpaired) electrons. The van der Waals surface area contributed by atoms with Gasteiger partial charge >= 0.3 is 5.19 Å². The van der Waals surface area contributed by atoms with E-state index in [2.05, 4.69) is 14.9 Å². The molecule has 13 heteroatoms. The molecule has 158 valence electrons. The third-order valence-electron chi connectivity index (χ3n) is 3.61. The largest absolute Gasteiger partial charge is 0.430 e. The maximum absolute atomic E-state index is 12.6. The third kappa shape index (κ3) is 5.75. The Balaban J connectivity index is 1.69. The molecule has 1 aromatic heterocycles. The van der Waals surface area contributed by atoms with E-state index >= 15 is 0 Å². The van der Waals surface area contributed by atoms with Gasteiger partial charge in [-0.15, -0.1) is 5.10 Å². The Morgan fingerprint density at radius 3 is 2.23 bits per heavy atom. The van der Waals surface area contributed by atoms with Crippen LogP contribution in [0.2, 0.25) is 0 Å². The van der Waals surface area contributed by atoms with Crippen LogP contribution in [0.25, 0.3) is 0 Å². The molecule has 3 rings (SSSR count). The Kier molecular flexibility index (Phi) is 6.05. The molecule has 0 fully saturated rings. The second-order valence-corrected chi connectivity index (χ2v) is 11.0.